The van der Waals surface area contributed by atoms with Crippen LogP contribution in [0.2, 0.25) is 5.02 Å². The lowest BCUT2D eigenvalue weighted by Crippen LogP contribution is -2.48. The van der Waals surface area contributed by atoms with Gasteiger partial charge in [-0.1, -0.05) is 35.9 Å². The number of anilines is 1. The normalized spacial score (nSPS) is 15.6. The van der Waals surface area contributed by atoms with Crippen LogP contribution >= 0.6 is 11.6 Å². The van der Waals surface area contributed by atoms with Gasteiger partial charge in [-0.15, -0.1) is 0 Å². The van der Waals surface area contributed by atoms with Gasteiger partial charge in [0.1, 0.15) is 6.04 Å². The zero-order valence-electron chi connectivity index (χ0n) is 16.3. The standard InChI is InChI=1S/C21H25ClN2O3S/c1-14(17-11-10-16-6-4-7-18(16)12-17)23-21(25)15(2)24(28(3,26)27)20-9-5-8-19(22)13-20/h5,8-15H,4,6-7H2,1-3H3,(H,23,25)/t14-,15+/m1/s1. The first-order valence-corrected chi connectivity index (χ1v) is 11.6. The van der Waals surface area contributed by atoms with Crippen molar-refractivity contribution in [3.8, 4) is 0 Å². The fourth-order valence-corrected chi connectivity index (χ4v) is 5.05. The van der Waals surface area contributed by atoms with Crippen LogP contribution in [0.4, 0.5) is 5.69 Å². The number of hydrogen-bond donors (Lipinski definition) is 1. The molecule has 0 bridgehead atoms. The molecular formula is C21H25ClN2O3S. The summed E-state index contributed by atoms with van der Waals surface area (Å²) < 4.78 is 25.9. The van der Waals surface area contributed by atoms with Crippen molar-refractivity contribution in [3.05, 3.63) is 64.2 Å². The summed E-state index contributed by atoms with van der Waals surface area (Å²) >= 11 is 6.01. The molecule has 0 spiro atoms. The van der Waals surface area contributed by atoms with Gasteiger partial charge in [-0.2, -0.15) is 0 Å². The third kappa shape index (κ3) is 4.50. The third-order valence-electron chi connectivity index (χ3n) is 5.13. The number of halogens is 1. The van der Waals surface area contributed by atoms with Gasteiger partial charge in [0.25, 0.3) is 0 Å². The van der Waals surface area contributed by atoms with Gasteiger partial charge < -0.3 is 5.32 Å². The van der Waals surface area contributed by atoms with Crippen LogP contribution in [0.5, 0.6) is 0 Å². The molecule has 2 atom stereocenters. The Morgan fingerprint density at radius 2 is 1.82 bits per heavy atom. The highest BCUT2D eigenvalue weighted by Crippen LogP contribution is 2.27. The Kier molecular flexibility index (Phi) is 6.01. The van der Waals surface area contributed by atoms with Crippen LogP contribution in [0, 0.1) is 0 Å². The molecule has 0 aromatic heterocycles. The first kappa shape index (κ1) is 20.7. The number of fused-ring (bicyclic) bond motifs is 1. The van der Waals surface area contributed by atoms with Crippen molar-refractivity contribution in [1.82, 2.24) is 5.32 Å². The summed E-state index contributed by atoms with van der Waals surface area (Å²) in [6, 6.07) is 11.6. The number of rotatable bonds is 6. The first-order valence-electron chi connectivity index (χ1n) is 9.34. The smallest absolute Gasteiger partial charge is 0.244 e. The van der Waals surface area contributed by atoms with E-state index in [2.05, 4.69) is 17.4 Å². The fraction of sp³-hybridized carbons (Fsp3) is 0.381. The molecule has 1 N–H and O–H groups in total. The van der Waals surface area contributed by atoms with E-state index in [1.807, 2.05) is 13.0 Å². The minimum Gasteiger partial charge on any atom is -0.348 e. The van der Waals surface area contributed by atoms with E-state index in [4.69, 9.17) is 11.6 Å². The van der Waals surface area contributed by atoms with E-state index < -0.39 is 16.1 Å². The molecule has 0 radical (unpaired) electrons. The molecule has 0 saturated heterocycles. The van der Waals surface area contributed by atoms with Crippen molar-refractivity contribution in [2.45, 2.75) is 45.2 Å². The summed E-state index contributed by atoms with van der Waals surface area (Å²) in [4.78, 5) is 12.9. The van der Waals surface area contributed by atoms with Gasteiger partial charge in [-0.25, -0.2) is 8.42 Å². The molecule has 5 nitrogen and oxygen atoms in total. The summed E-state index contributed by atoms with van der Waals surface area (Å²) in [6.07, 6.45) is 4.42. The summed E-state index contributed by atoms with van der Waals surface area (Å²) in [7, 11) is -3.67. The number of benzene rings is 2. The van der Waals surface area contributed by atoms with E-state index in [1.54, 1.807) is 25.1 Å². The quantitative estimate of drug-likeness (QED) is 0.771. The van der Waals surface area contributed by atoms with Crippen molar-refractivity contribution in [3.63, 3.8) is 0 Å². The van der Waals surface area contributed by atoms with Crippen LogP contribution in [0.1, 0.15) is 43.0 Å². The summed E-state index contributed by atoms with van der Waals surface area (Å²) in [5, 5.41) is 3.35. The van der Waals surface area contributed by atoms with E-state index in [-0.39, 0.29) is 11.9 Å². The minimum absolute atomic E-state index is 0.221. The zero-order chi connectivity index (χ0) is 20.5. The van der Waals surface area contributed by atoms with Crippen molar-refractivity contribution >= 4 is 33.2 Å². The second-order valence-corrected chi connectivity index (χ2v) is 9.62. The van der Waals surface area contributed by atoms with Crippen molar-refractivity contribution < 1.29 is 13.2 Å². The van der Waals surface area contributed by atoms with Crippen LogP contribution in [0.15, 0.2) is 42.5 Å². The Balaban J connectivity index is 1.79. The molecule has 1 aliphatic carbocycles. The second-order valence-electron chi connectivity index (χ2n) is 7.33. The third-order valence-corrected chi connectivity index (χ3v) is 6.61. The Bertz CT molecular complexity index is 991. The number of hydrogen-bond acceptors (Lipinski definition) is 3. The van der Waals surface area contributed by atoms with Crippen molar-refractivity contribution in [2.24, 2.45) is 0 Å². The van der Waals surface area contributed by atoms with Crippen LogP contribution < -0.4 is 9.62 Å². The van der Waals surface area contributed by atoms with Gasteiger partial charge in [0.15, 0.2) is 0 Å². The molecule has 0 unspecified atom stereocenters. The Labute approximate surface area is 171 Å². The number of aryl methyl sites for hydroxylation is 2. The molecule has 0 aliphatic heterocycles. The van der Waals surface area contributed by atoms with Crippen LogP contribution in [-0.4, -0.2) is 26.6 Å². The largest absolute Gasteiger partial charge is 0.348 e. The molecule has 28 heavy (non-hydrogen) atoms. The van der Waals surface area contributed by atoms with E-state index in [1.165, 1.54) is 23.6 Å². The Morgan fingerprint density at radius 3 is 2.50 bits per heavy atom. The van der Waals surface area contributed by atoms with E-state index in [0.29, 0.717) is 10.7 Å². The average Bonchev–Trinajstić information content (AvgIpc) is 3.08. The van der Waals surface area contributed by atoms with Crippen LogP contribution in [0.3, 0.4) is 0 Å². The number of nitrogens with zero attached hydrogens (tertiary/aromatic N) is 1. The highest BCUT2D eigenvalue weighted by molar-refractivity contribution is 7.92. The van der Waals surface area contributed by atoms with Crippen molar-refractivity contribution in [2.75, 3.05) is 10.6 Å². The number of amides is 1. The van der Waals surface area contributed by atoms with E-state index in [9.17, 15) is 13.2 Å². The number of carbonyl (C=O) groups is 1. The topological polar surface area (TPSA) is 66.5 Å². The molecule has 7 heteroatoms. The maximum Gasteiger partial charge on any atom is 0.244 e. The number of sulfonamides is 1. The average molecular weight is 421 g/mol. The molecule has 0 heterocycles. The Morgan fingerprint density at radius 1 is 1.11 bits per heavy atom. The molecule has 150 valence electrons. The van der Waals surface area contributed by atoms with Crippen LogP contribution in [0.25, 0.3) is 0 Å². The van der Waals surface area contributed by atoms with Crippen LogP contribution in [-0.2, 0) is 27.7 Å². The van der Waals surface area contributed by atoms with Crippen molar-refractivity contribution in [1.29, 1.82) is 0 Å². The summed E-state index contributed by atoms with van der Waals surface area (Å²) in [5.41, 5.74) is 4.10. The summed E-state index contributed by atoms with van der Waals surface area (Å²) in [6.45, 7) is 3.48. The molecule has 2 aromatic rings. The molecule has 1 amide bonds. The highest BCUT2D eigenvalue weighted by atomic mass is 35.5. The number of nitrogens with one attached hydrogen (secondary N) is 1. The zero-order valence-corrected chi connectivity index (χ0v) is 17.8. The predicted octanol–water partition coefficient (Wildman–Crippen LogP) is 3.86. The lowest BCUT2D eigenvalue weighted by molar-refractivity contribution is -0.122. The van der Waals surface area contributed by atoms with E-state index >= 15 is 0 Å². The second kappa shape index (κ2) is 8.13. The van der Waals surface area contributed by atoms with Gasteiger partial charge in [0.05, 0.1) is 18.0 Å². The molecule has 2 aromatic carbocycles. The maximum atomic E-state index is 12.9. The highest BCUT2D eigenvalue weighted by Gasteiger charge is 2.30. The van der Waals surface area contributed by atoms with Gasteiger partial charge in [-0.3, -0.25) is 9.10 Å². The lowest BCUT2D eigenvalue weighted by Gasteiger charge is -2.29. The van der Waals surface area contributed by atoms with Gasteiger partial charge in [0, 0.05) is 5.02 Å². The molecule has 1 aliphatic rings. The molecule has 0 saturated carbocycles. The minimum atomic E-state index is -3.67. The predicted molar refractivity (Wildman–Crippen MR) is 113 cm³/mol. The first-order chi connectivity index (χ1) is 13.2. The Hall–Kier alpha value is -2.05. The van der Waals surface area contributed by atoms with Gasteiger partial charge in [-0.05, 0) is 68.0 Å². The molecule has 0 fully saturated rings. The monoisotopic (exact) mass is 420 g/mol. The van der Waals surface area contributed by atoms with Gasteiger partial charge in [0.2, 0.25) is 15.9 Å². The number of carbonyl (C=O) groups excluding carboxylic acids is 1. The maximum absolute atomic E-state index is 12.9. The molecule has 3 rings (SSSR count). The lowest BCUT2D eigenvalue weighted by atomic mass is 10.0. The SMILES string of the molecule is C[C@@H](NC(=O)[C@H](C)N(c1cccc(Cl)c1)S(C)(=O)=O)c1ccc2c(c1)CCC2. The fourth-order valence-electron chi connectivity index (χ4n) is 3.70. The summed E-state index contributed by atoms with van der Waals surface area (Å²) in [5.74, 6) is -0.363. The van der Waals surface area contributed by atoms with E-state index in [0.717, 1.165) is 29.0 Å². The molecular weight excluding hydrogens is 396 g/mol. The van der Waals surface area contributed by atoms with Gasteiger partial charge >= 0.3 is 0 Å².